The van der Waals surface area contributed by atoms with Crippen molar-refractivity contribution in [2.75, 3.05) is 37.4 Å². The predicted octanol–water partition coefficient (Wildman–Crippen LogP) is 3.80. The number of benzene rings is 1. The first-order valence-electron chi connectivity index (χ1n) is 8.12. The minimum absolute atomic E-state index is 0.191. The van der Waals surface area contributed by atoms with Gasteiger partial charge in [-0.1, -0.05) is 34.4 Å². The number of para-hydroxylation sites is 1. The third-order valence-corrected chi connectivity index (χ3v) is 4.12. The van der Waals surface area contributed by atoms with E-state index in [1.165, 1.54) is 4.90 Å². The Morgan fingerprint density at radius 1 is 1.26 bits per heavy atom. The summed E-state index contributed by atoms with van der Waals surface area (Å²) < 4.78 is 9.91. The van der Waals surface area contributed by atoms with Gasteiger partial charge in [0.2, 0.25) is 5.91 Å². The lowest BCUT2D eigenvalue weighted by Gasteiger charge is -2.23. The second-order valence-electron chi connectivity index (χ2n) is 5.67. The van der Waals surface area contributed by atoms with Crippen molar-refractivity contribution in [3.05, 3.63) is 40.1 Å². The minimum Gasteiger partial charge on any atom is -0.385 e. The molecule has 0 unspecified atom stereocenters. The fraction of sp³-hybridized carbons (Fsp3) is 0.353. The number of carbonyl (C=O) groups is 2. The minimum atomic E-state index is -0.507. The lowest BCUT2D eigenvalue weighted by atomic mass is 10.3. The number of nitrogens with zero attached hydrogens (tertiary/aromatic N) is 2. The van der Waals surface area contributed by atoms with Gasteiger partial charge >= 0.3 is 6.03 Å². The van der Waals surface area contributed by atoms with Crippen LogP contribution in [0.5, 0.6) is 0 Å². The first-order chi connectivity index (χ1) is 12.9. The second-order valence-corrected chi connectivity index (χ2v) is 6.48. The number of carbonyl (C=O) groups excluding carboxylic acids is 2. The molecule has 0 fully saturated rings. The number of methoxy groups -OCH3 is 1. The van der Waals surface area contributed by atoms with Gasteiger partial charge in [-0.15, -0.1) is 0 Å². The third-order valence-electron chi connectivity index (χ3n) is 3.49. The molecule has 0 spiro atoms. The van der Waals surface area contributed by atoms with Crippen LogP contribution in [0.1, 0.15) is 12.2 Å². The Kier molecular flexibility index (Phi) is 7.90. The van der Waals surface area contributed by atoms with Crippen LogP contribution in [-0.4, -0.2) is 48.8 Å². The zero-order valence-electron chi connectivity index (χ0n) is 14.9. The summed E-state index contributed by atoms with van der Waals surface area (Å²) in [4.78, 5) is 26.2. The van der Waals surface area contributed by atoms with E-state index in [0.717, 1.165) is 0 Å². The largest absolute Gasteiger partial charge is 0.385 e. The highest BCUT2D eigenvalue weighted by atomic mass is 35.5. The molecule has 3 amide bonds. The van der Waals surface area contributed by atoms with Crippen LogP contribution in [-0.2, 0) is 9.53 Å². The van der Waals surface area contributed by atoms with Gasteiger partial charge in [-0.2, -0.15) is 0 Å². The molecule has 146 valence electrons. The quantitative estimate of drug-likeness (QED) is 0.640. The van der Waals surface area contributed by atoms with Gasteiger partial charge in [-0.05, 0) is 25.5 Å². The average Bonchev–Trinajstić information content (AvgIpc) is 3.02. The van der Waals surface area contributed by atoms with Crippen LogP contribution in [0.15, 0.2) is 28.8 Å². The summed E-state index contributed by atoms with van der Waals surface area (Å²) in [5, 5.41) is 9.52. The van der Waals surface area contributed by atoms with Gasteiger partial charge in [0.1, 0.15) is 12.3 Å². The first-order valence-corrected chi connectivity index (χ1v) is 8.88. The van der Waals surface area contributed by atoms with Crippen molar-refractivity contribution in [3.8, 4) is 0 Å². The summed E-state index contributed by atoms with van der Waals surface area (Å²) in [5.74, 6) is 0.429. The van der Waals surface area contributed by atoms with Crippen molar-refractivity contribution < 1.29 is 18.8 Å². The molecule has 0 aliphatic carbocycles. The highest BCUT2D eigenvalue weighted by Crippen LogP contribution is 2.30. The Morgan fingerprint density at radius 2 is 1.96 bits per heavy atom. The summed E-state index contributed by atoms with van der Waals surface area (Å²) in [7, 11) is 1.56. The smallest absolute Gasteiger partial charge is 0.322 e. The summed E-state index contributed by atoms with van der Waals surface area (Å²) in [6, 6.07) is 5.96. The van der Waals surface area contributed by atoms with Gasteiger partial charge in [-0.25, -0.2) is 4.79 Å². The number of anilines is 2. The van der Waals surface area contributed by atoms with Crippen LogP contribution < -0.4 is 10.6 Å². The van der Waals surface area contributed by atoms with E-state index in [1.807, 2.05) is 0 Å². The summed E-state index contributed by atoms with van der Waals surface area (Å²) >= 11 is 12.2. The van der Waals surface area contributed by atoms with Crippen molar-refractivity contribution in [1.29, 1.82) is 0 Å². The Balaban J connectivity index is 2.05. The topological polar surface area (TPSA) is 96.7 Å². The highest BCUT2D eigenvalue weighted by Gasteiger charge is 2.20. The molecule has 27 heavy (non-hydrogen) atoms. The van der Waals surface area contributed by atoms with Crippen molar-refractivity contribution in [1.82, 2.24) is 10.1 Å². The molecule has 0 aliphatic rings. The Labute approximate surface area is 166 Å². The van der Waals surface area contributed by atoms with Gasteiger partial charge < -0.3 is 24.8 Å². The van der Waals surface area contributed by atoms with Crippen molar-refractivity contribution in [3.63, 3.8) is 0 Å². The lowest BCUT2D eigenvalue weighted by Crippen LogP contribution is -2.41. The fourth-order valence-corrected chi connectivity index (χ4v) is 2.73. The van der Waals surface area contributed by atoms with Gasteiger partial charge in [0.05, 0.1) is 15.7 Å². The number of hydrogen-bond acceptors (Lipinski definition) is 5. The Morgan fingerprint density at radius 3 is 2.56 bits per heavy atom. The van der Waals surface area contributed by atoms with Crippen molar-refractivity contribution in [2.24, 2.45) is 0 Å². The van der Waals surface area contributed by atoms with Gasteiger partial charge in [-0.3, -0.25) is 4.79 Å². The molecule has 2 rings (SSSR count). The molecule has 1 heterocycles. The van der Waals surface area contributed by atoms with Crippen molar-refractivity contribution >= 4 is 46.6 Å². The summed E-state index contributed by atoms with van der Waals surface area (Å²) in [5.41, 5.74) is 0.287. The van der Waals surface area contributed by atoms with Crippen LogP contribution >= 0.6 is 23.2 Å². The number of nitrogens with one attached hydrogen (secondary N) is 2. The predicted molar refractivity (Wildman–Crippen MR) is 103 cm³/mol. The van der Waals surface area contributed by atoms with Gasteiger partial charge in [0.25, 0.3) is 0 Å². The van der Waals surface area contributed by atoms with Crippen LogP contribution in [0.4, 0.5) is 16.3 Å². The van der Waals surface area contributed by atoms with E-state index in [2.05, 4.69) is 15.8 Å². The normalized spacial score (nSPS) is 10.5. The maximum atomic E-state index is 12.6. The molecule has 2 aromatic rings. The molecular formula is C17H20Cl2N4O4. The molecule has 0 saturated carbocycles. The first kappa shape index (κ1) is 21.0. The van der Waals surface area contributed by atoms with Gasteiger partial charge in [0, 0.05) is 26.3 Å². The highest BCUT2D eigenvalue weighted by molar-refractivity contribution is 6.39. The molecule has 0 saturated heterocycles. The van der Waals surface area contributed by atoms with E-state index in [-0.39, 0.29) is 18.1 Å². The average molecular weight is 415 g/mol. The number of aryl methyl sites for hydroxylation is 1. The molecule has 0 bridgehead atoms. The maximum absolute atomic E-state index is 12.6. The zero-order chi connectivity index (χ0) is 19.8. The number of halogens is 2. The molecule has 8 nitrogen and oxygen atoms in total. The molecule has 0 atom stereocenters. The SMILES string of the molecule is COCCCN(CC(=O)Nc1cc(C)on1)C(=O)Nc1c(Cl)cccc1Cl. The van der Waals surface area contributed by atoms with Crippen LogP contribution in [0.25, 0.3) is 0 Å². The number of hydrogen-bond donors (Lipinski definition) is 2. The molecular weight excluding hydrogens is 395 g/mol. The zero-order valence-corrected chi connectivity index (χ0v) is 16.4. The fourth-order valence-electron chi connectivity index (χ4n) is 2.24. The summed E-state index contributed by atoms with van der Waals surface area (Å²) in [6.07, 6.45) is 0.552. The van der Waals surface area contributed by atoms with Gasteiger partial charge in [0.15, 0.2) is 5.82 Å². The van der Waals surface area contributed by atoms with Crippen LogP contribution in [0.3, 0.4) is 0 Å². The van der Waals surface area contributed by atoms with E-state index in [0.29, 0.717) is 35.4 Å². The monoisotopic (exact) mass is 414 g/mol. The van der Waals surface area contributed by atoms with E-state index < -0.39 is 11.9 Å². The molecule has 1 aromatic carbocycles. The Bertz CT molecular complexity index is 777. The molecule has 1 aromatic heterocycles. The number of amides is 3. The lowest BCUT2D eigenvalue weighted by molar-refractivity contribution is -0.116. The number of rotatable bonds is 8. The molecule has 2 N–H and O–H groups in total. The maximum Gasteiger partial charge on any atom is 0.322 e. The number of urea groups is 1. The number of aromatic nitrogens is 1. The van der Waals surface area contributed by atoms with Crippen LogP contribution in [0.2, 0.25) is 10.0 Å². The van der Waals surface area contributed by atoms with E-state index >= 15 is 0 Å². The van der Waals surface area contributed by atoms with E-state index in [4.69, 9.17) is 32.5 Å². The summed E-state index contributed by atoms with van der Waals surface area (Å²) in [6.45, 7) is 2.26. The van der Waals surface area contributed by atoms with E-state index in [9.17, 15) is 9.59 Å². The standard InChI is InChI=1S/C17H20Cl2N4O4/c1-11-9-14(22-27-11)20-15(24)10-23(7-4-8-26-2)17(25)21-16-12(18)5-3-6-13(16)19/h3,5-6,9H,4,7-8,10H2,1-2H3,(H,21,25)(H,20,22,24). The third kappa shape index (κ3) is 6.42. The molecule has 0 aliphatic heterocycles. The molecule has 0 radical (unpaired) electrons. The second kappa shape index (κ2) is 10.1. The van der Waals surface area contributed by atoms with E-state index in [1.54, 1.807) is 38.3 Å². The van der Waals surface area contributed by atoms with Crippen LogP contribution in [0, 0.1) is 6.92 Å². The Hall–Kier alpha value is -2.29. The number of ether oxygens (including phenoxy) is 1. The van der Waals surface area contributed by atoms with Crippen molar-refractivity contribution in [2.45, 2.75) is 13.3 Å². The molecule has 10 heteroatoms.